The van der Waals surface area contributed by atoms with Gasteiger partial charge < -0.3 is 5.32 Å². The molecule has 2 rings (SSSR count). The summed E-state index contributed by atoms with van der Waals surface area (Å²) in [6.07, 6.45) is 1.78. The first-order valence-corrected chi connectivity index (χ1v) is 7.32. The third-order valence-electron chi connectivity index (χ3n) is 2.45. The fourth-order valence-corrected chi connectivity index (χ4v) is 2.95. The van der Waals surface area contributed by atoms with Gasteiger partial charge in [0.1, 0.15) is 0 Å². The smallest absolute Gasteiger partial charge is 0.0737 e. The Bertz CT molecular complexity index is 521. The zero-order valence-electron chi connectivity index (χ0n) is 9.67. The molecule has 1 heterocycles. The summed E-state index contributed by atoms with van der Waals surface area (Å²) in [5.74, 6) is 0. The summed E-state index contributed by atoms with van der Waals surface area (Å²) < 4.78 is 1.92. The third kappa shape index (κ3) is 3.46. The number of nitrogens with zero attached hydrogens (tertiary/aromatic N) is 1. The van der Waals surface area contributed by atoms with Gasteiger partial charge in [-0.25, -0.2) is 0 Å². The van der Waals surface area contributed by atoms with Crippen LogP contribution in [0.15, 0.2) is 39.4 Å². The Morgan fingerprint density at radius 1 is 1.28 bits per heavy atom. The summed E-state index contributed by atoms with van der Waals surface area (Å²) in [7, 11) is 0. The summed E-state index contributed by atoms with van der Waals surface area (Å²) in [6.45, 7) is 2.64. The van der Waals surface area contributed by atoms with Gasteiger partial charge in [-0.15, -0.1) is 0 Å². The molecule has 18 heavy (non-hydrogen) atoms. The van der Waals surface area contributed by atoms with E-state index in [1.807, 2.05) is 31.2 Å². The number of aromatic nitrogens is 1. The Morgan fingerprint density at radius 2 is 2.06 bits per heavy atom. The van der Waals surface area contributed by atoms with Gasteiger partial charge in [0.05, 0.1) is 22.9 Å². The highest BCUT2D eigenvalue weighted by Gasteiger charge is 2.04. The van der Waals surface area contributed by atoms with Crippen LogP contribution in [-0.2, 0) is 6.54 Å². The van der Waals surface area contributed by atoms with Crippen molar-refractivity contribution in [2.45, 2.75) is 13.5 Å². The van der Waals surface area contributed by atoms with Crippen molar-refractivity contribution in [3.05, 3.63) is 55.7 Å². The summed E-state index contributed by atoms with van der Waals surface area (Å²) >= 11 is 13.0. The summed E-state index contributed by atoms with van der Waals surface area (Å²) in [6, 6.07) is 7.91. The van der Waals surface area contributed by atoms with E-state index in [2.05, 4.69) is 42.2 Å². The van der Waals surface area contributed by atoms with E-state index < -0.39 is 0 Å². The molecule has 0 aliphatic rings. The van der Waals surface area contributed by atoms with Crippen LogP contribution in [0.5, 0.6) is 0 Å². The second kappa shape index (κ2) is 6.04. The first-order chi connectivity index (χ1) is 8.56. The first-order valence-electron chi connectivity index (χ1n) is 5.36. The van der Waals surface area contributed by atoms with Crippen LogP contribution in [0.4, 0.5) is 5.69 Å². The van der Waals surface area contributed by atoms with E-state index in [-0.39, 0.29) is 0 Å². The third-order valence-corrected chi connectivity index (χ3v) is 3.89. The van der Waals surface area contributed by atoms with Crippen LogP contribution in [0, 0.1) is 6.92 Å². The molecule has 0 atom stereocenters. The lowest BCUT2D eigenvalue weighted by Crippen LogP contribution is -2.03. The molecule has 1 N–H and O–H groups in total. The Morgan fingerprint density at radius 3 is 2.72 bits per heavy atom. The number of pyridine rings is 1. The van der Waals surface area contributed by atoms with Crippen LogP contribution in [0.2, 0.25) is 5.02 Å². The van der Waals surface area contributed by atoms with Crippen LogP contribution >= 0.6 is 43.5 Å². The molecule has 0 radical (unpaired) electrons. The van der Waals surface area contributed by atoms with E-state index >= 15 is 0 Å². The Kier molecular flexibility index (Phi) is 4.65. The zero-order valence-corrected chi connectivity index (χ0v) is 13.6. The van der Waals surface area contributed by atoms with E-state index in [1.54, 1.807) is 6.20 Å². The molecule has 0 bridgehead atoms. The fourth-order valence-electron chi connectivity index (χ4n) is 1.52. The number of hydrogen-bond donors (Lipinski definition) is 1. The predicted molar refractivity (Wildman–Crippen MR) is 83.2 cm³/mol. The minimum Gasteiger partial charge on any atom is -0.378 e. The second-order valence-electron chi connectivity index (χ2n) is 3.92. The van der Waals surface area contributed by atoms with Crippen molar-refractivity contribution in [1.82, 2.24) is 4.98 Å². The Labute approximate surface area is 128 Å². The van der Waals surface area contributed by atoms with Crippen molar-refractivity contribution in [2.24, 2.45) is 0 Å². The van der Waals surface area contributed by atoms with Crippen molar-refractivity contribution in [3.63, 3.8) is 0 Å². The summed E-state index contributed by atoms with van der Waals surface area (Å²) in [5, 5.41) is 4.00. The maximum atomic E-state index is 6.16. The molecule has 0 unspecified atom stereocenters. The highest BCUT2D eigenvalue weighted by Crippen LogP contribution is 2.25. The molecule has 0 fully saturated rings. The molecule has 0 saturated heterocycles. The van der Waals surface area contributed by atoms with Crippen LogP contribution < -0.4 is 5.32 Å². The second-order valence-corrected chi connectivity index (χ2v) is 6.10. The quantitative estimate of drug-likeness (QED) is 0.781. The van der Waals surface area contributed by atoms with Crippen molar-refractivity contribution in [2.75, 3.05) is 5.32 Å². The van der Waals surface area contributed by atoms with Gasteiger partial charge in [-0.3, -0.25) is 4.98 Å². The van der Waals surface area contributed by atoms with Gasteiger partial charge in [-0.05, 0) is 62.5 Å². The highest BCUT2D eigenvalue weighted by atomic mass is 79.9. The van der Waals surface area contributed by atoms with Gasteiger partial charge in [-0.1, -0.05) is 17.7 Å². The molecular formula is C13H11Br2ClN2. The number of halogens is 3. The molecule has 2 nitrogen and oxygen atoms in total. The largest absolute Gasteiger partial charge is 0.378 e. The molecule has 0 spiro atoms. The maximum absolute atomic E-state index is 6.16. The predicted octanol–water partition coefficient (Wildman–Crippen LogP) is 5.18. The zero-order chi connectivity index (χ0) is 13.1. The van der Waals surface area contributed by atoms with Crippen LogP contribution in [0.25, 0.3) is 0 Å². The molecule has 1 aromatic carbocycles. The lowest BCUT2D eigenvalue weighted by molar-refractivity contribution is 1.03. The highest BCUT2D eigenvalue weighted by molar-refractivity contribution is 9.11. The molecule has 5 heteroatoms. The number of benzene rings is 1. The lowest BCUT2D eigenvalue weighted by atomic mass is 10.2. The van der Waals surface area contributed by atoms with Gasteiger partial charge in [0, 0.05) is 15.1 Å². The van der Waals surface area contributed by atoms with Crippen LogP contribution in [-0.4, -0.2) is 4.98 Å². The number of aryl methyl sites for hydroxylation is 1. The topological polar surface area (TPSA) is 24.9 Å². The van der Waals surface area contributed by atoms with Gasteiger partial charge >= 0.3 is 0 Å². The van der Waals surface area contributed by atoms with E-state index in [4.69, 9.17) is 11.6 Å². The lowest BCUT2D eigenvalue weighted by Gasteiger charge is -2.10. The number of hydrogen-bond acceptors (Lipinski definition) is 2. The average Bonchev–Trinajstić information content (AvgIpc) is 2.30. The maximum Gasteiger partial charge on any atom is 0.0737 e. The average molecular weight is 391 g/mol. The molecule has 2 aromatic rings. The minimum atomic E-state index is 0.622. The number of rotatable bonds is 3. The SMILES string of the molecule is Cc1ccc(NCc2ncc(Br)cc2Br)c(Cl)c1. The van der Waals surface area contributed by atoms with Crippen molar-refractivity contribution < 1.29 is 0 Å². The summed E-state index contributed by atoms with van der Waals surface area (Å²) in [4.78, 5) is 4.34. The van der Waals surface area contributed by atoms with Crippen molar-refractivity contribution >= 4 is 49.1 Å². The van der Waals surface area contributed by atoms with E-state index in [0.29, 0.717) is 6.54 Å². The molecule has 1 aromatic heterocycles. The molecule has 94 valence electrons. The van der Waals surface area contributed by atoms with E-state index in [0.717, 1.165) is 30.9 Å². The molecular weight excluding hydrogens is 379 g/mol. The fraction of sp³-hybridized carbons (Fsp3) is 0.154. The minimum absolute atomic E-state index is 0.622. The summed E-state index contributed by atoms with van der Waals surface area (Å²) in [5.41, 5.74) is 3.00. The first kappa shape index (κ1) is 13.8. The van der Waals surface area contributed by atoms with Gasteiger partial charge in [0.15, 0.2) is 0 Å². The van der Waals surface area contributed by atoms with Crippen molar-refractivity contribution in [1.29, 1.82) is 0 Å². The number of anilines is 1. The van der Waals surface area contributed by atoms with Gasteiger partial charge in [0.25, 0.3) is 0 Å². The molecule has 0 aliphatic heterocycles. The standard InChI is InChI=1S/C13H11Br2ClN2/c1-8-2-3-12(11(16)4-8)18-7-13-10(15)5-9(14)6-17-13/h2-6,18H,7H2,1H3. The molecule has 0 amide bonds. The van der Waals surface area contributed by atoms with E-state index in [9.17, 15) is 0 Å². The van der Waals surface area contributed by atoms with Gasteiger partial charge in [-0.2, -0.15) is 0 Å². The molecule has 0 aliphatic carbocycles. The van der Waals surface area contributed by atoms with Crippen LogP contribution in [0.3, 0.4) is 0 Å². The van der Waals surface area contributed by atoms with Crippen molar-refractivity contribution in [3.8, 4) is 0 Å². The molecule has 0 saturated carbocycles. The normalized spacial score (nSPS) is 10.4. The Hall–Kier alpha value is -0.580. The monoisotopic (exact) mass is 388 g/mol. The van der Waals surface area contributed by atoms with E-state index in [1.165, 1.54) is 0 Å². The Balaban J connectivity index is 2.11. The van der Waals surface area contributed by atoms with Gasteiger partial charge in [0.2, 0.25) is 0 Å². The van der Waals surface area contributed by atoms with Crippen LogP contribution in [0.1, 0.15) is 11.3 Å². The number of nitrogens with one attached hydrogen (secondary N) is 1.